The topological polar surface area (TPSA) is 42.4 Å². The molecule has 0 aliphatic carbocycles. The number of carbonyl (C=O) groups is 1. The second kappa shape index (κ2) is 4.83. The minimum Gasteiger partial charge on any atom is -0.444 e. The van der Waals surface area contributed by atoms with Gasteiger partial charge in [0, 0.05) is 6.20 Å². The van der Waals surface area contributed by atoms with E-state index in [1.54, 1.807) is 11.0 Å². The average Bonchev–Trinajstić information content (AvgIpc) is 2.95. The Morgan fingerprint density at radius 1 is 1.38 bits per heavy atom. The van der Waals surface area contributed by atoms with Crippen molar-refractivity contribution >= 4 is 11.7 Å². The predicted molar refractivity (Wildman–Crippen MR) is 77.1 cm³/mol. The van der Waals surface area contributed by atoms with Crippen LogP contribution in [0.25, 0.3) is 5.57 Å². The SMILES string of the molecule is CC(C)(C)OC(=O)N1[C@@H]2C=C(c3ccc(F)nc3)[C@H]1CC2. The number of carbonyl (C=O) groups excluding carboxylic acids is 1. The summed E-state index contributed by atoms with van der Waals surface area (Å²) in [4.78, 5) is 17.8. The van der Waals surface area contributed by atoms with Crippen LogP contribution in [0.4, 0.5) is 9.18 Å². The Kier molecular flexibility index (Phi) is 3.23. The zero-order valence-corrected chi connectivity index (χ0v) is 12.5. The highest BCUT2D eigenvalue weighted by molar-refractivity contribution is 5.81. The second-order valence-corrected chi connectivity index (χ2v) is 6.54. The maximum atomic E-state index is 12.9. The summed E-state index contributed by atoms with van der Waals surface area (Å²) in [7, 11) is 0. The van der Waals surface area contributed by atoms with Gasteiger partial charge in [0.1, 0.15) is 5.60 Å². The van der Waals surface area contributed by atoms with Gasteiger partial charge >= 0.3 is 6.09 Å². The highest BCUT2D eigenvalue weighted by Crippen LogP contribution is 2.42. The van der Waals surface area contributed by atoms with Crippen LogP contribution < -0.4 is 0 Å². The van der Waals surface area contributed by atoms with Gasteiger partial charge in [-0.15, -0.1) is 0 Å². The van der Waals surface area contributed by atoms with E-state index in [2.05, 4.69) is 11.1 Å². The molecule has 1 aromatic heterocycles. The maximum absolute atomic E-state index is 12.9. The van der Waals surface area contributed by atoms with Crippen molar-refractivity contribution in [1.82, 2.24) is 9.88 Å². The van der Waals surface area contributed by atoms with Crippen LogP contribution in [-0.4, -0.2) is 33.7 Å². The zero-order chi connectivity index (χ0) is 15.2. The van der Waals surface area contributed by atoms with Crippen molar-refractivity contribution in [1.29, 1.82) is 0 Å². The van der Waals surface area contributed by atoms with Crippen molar-refractivity contribution in [2.75, 3.05) is 0 Å². The number of nitrogens with zero attached hydrogens (tertiary/aromatic N) is 2. The number of hydrogen-bond acceptors (Lipinski definition) is 3. The number of aromatic nitrogens is 1. The van der Waals surface area contributed by atoms with Crippen LogP contribution in [0, 0.1) is 5.95 Å². The van der Waals surface area contributed by atoms with Crippen molar-refractivity contribution < 1.29 is 13.9 Å². The number of halogens is 1. The van der Waals surface area contributed by atoms with Gasteiger partial charge in [-0.3, -0.25) is 4.90 Å². The molecule has 1 amide bonds. The molecule has 3 heterocycles. The first-order chi connectivity index (χ1) is 9.85. The van der Waals surface area contributed by atoms with E-state index in [9.17, 15) is 9.18 Å². The van der Waals surface area contributed by atoms with Crippen LogP contribution in [-0.2, 0) is 4.74 Å². The van der Waals surface area contributed by atoms with E-state index in [-0.39, 0.29) is 18.2 Å². The fraction of sp³-hybridized carbons (Fsp3) is 0.500. The molecule has 1 fully saturated rings. The molecule has 4 nitrogen and oxygen atoms in total. The largest absolute Gasteiger partial charge is 0.444 e. The summed E-state index contributed by atoms with van der Waals surface area (Å²) in [6.07, 6.45) is 5.17. The molecule has 2 bridgehead atoms. The number of rotatable bonds is 1. The molecular weight excluding hydrogens is 271 g/mol. The highest BCUT2D eigenvalue weighted by Gasteiger charge is 2.45. The average molecular weight is 290 g/mol. The Labute approximate surface area is 123 Å². The first-order valence-corrected chi connectivity index (χ1v) is 7.20. The monoisotopic (exact) mass is 290 g/mol. The Hall–Kier alpha value is -1.91. The van der Waals surface area contributed by atoms with Gasteiger partial charge in [-0.1, -0.05) is 6.08 Å². The molecule has 0 spiro atoms. The summed E-state index contributed by atoms with van der Waals surface area (Å²) >= 11 is 0. The second-order valence-electron chi connectivity index (χ2n) is 6.54. The number of ether oxygens (including phenoxy) is 1. The van der Waals surface area contributed by atoms with Crippen molar-refractivity contribution in [3.8, 4) is 0 Å². The molecule has 5 heteroatoms. The van der Waals surface area contributed by atoms with E-state index >= 15 is 0 Å². The molecule has 0 unspecified atom stereocenters. The summed E-state index contributed by atoms with van der Waals surface area (Å²) in [5.74, 6) is -0.494. The van der Waals surface area contributed by atoms with Crippen LogP contribution >= 0.6 is 0 Å². The molecule has 0 aromatic carbocycles. The van der Waals surface area contributed by atoms with Gasteiger partial charge in [-0.05, 0) is 56.9 Å². The molecular formula is C16H19FN2O2. The first kappa shape index (κ1) is 14.0. The lowest BCUT2D eigenvalue weighted by atomic mass is 9.94. The summed E-state index contributed by atoms with van der Waals surface area (Å²) in [6, 6.07) is 3.14. The van der Waals surface area contributed by atoms with Crippen LogP contribution in [0.3, 0.4) is 0 Å². The lowest BCUT2D eigenvalue weighted by Gasteiger charge is -2.28. The fourth-order valence-corrected chi connectivity index (χ4v) is 3.04. The molecule has 112 valence electrons. The van der Waals surface area contributed by atoms with Gasteiger partial charge in [-0.2, -0.15) is 4.39 Å². The normalized spacial score (nSPS) is 24.2. The van der Waals surface area contributed by atoms with E-state index in [0.717, 1.165) is 24.0 Å². The minimum atomic E-state index is -0.503. The Bertz CT molecular complexity index is 589. The molecule has 1 aromatic rings. The third kappa shape index (κ3) is 2.64. The molecule has 0 N–H and O–H groups in total. The van der Waals surface area contributed by atoms with Gasteiger partial charge < -0.3 is 4.74 Å². The molecule has 3 rings (SSSR count). The van der Waals surface area contributed by atoms with E-state index in [4.69, 9.17) is 4.74 Å². The van der Waals surface area contributed by atoms with E-state index in [0.29, 0.717) is 0 Å². The highest BCUT2D eigenvalue weighted by atomic mass is 19.1. The number of amides is 1. The van der Waals surface area contributed by atoms with Crippen molar-refractivity contribution in [3.63, 3.8) is 0 Å². The van der Waals surface area contributed by atoms with Gasteiger partial charge in [0.15, 0.2) is 0 Å². The maximum Gasteiger partial charge on any atom is 0.411 e. The summed E-state index contributed by atoms with van der Waals surface area (Å²) in [5, 5.41) is 0. The molecule has 21 heavy (non-hydrogen) atoms. The molecule has 0 saturated carbocycles. The molecule has 0 radical (unpaired) electrons. The van der Waals surface area contributed by atoms with E-state index in [1.165, 1.54) is 12.3 Å². The lowest BCUT2D eigenvalue weighted by Crippen LogP contribution is -2.40. The number of fused-ring (bicyclic) bond motifs is 2. The predicted octanol–water partition coefficient (Wildman–Crippen LogP) is 3.39. The first-order valence-electron chi connectivity index (χ1n) is 7.20. The zero-order valence-electron chi connectivity index (χ0n) is 12.5. The number of pyridine rings is 1. The quantitative estimate of drug-likeness (QED) is 0.745. The van der Waals surface area contributed by atoms with Crippen LogP contribution in [0.1, 0.15) is 39.2 Å². The van der Waals surface area contributed by atoms with Crippen LogP contribution in [0.15, 0.2) is 24.4 Å². The third-order valence-corrected chi connectivity index (χ3v) is 3.82. The fourth-order valence-electron chi connectivity index (χ4n) is 3.04. The summed E-state index contributed by atoms with van der Waals surface area (Å²) in [6.45, 7) is 5.59. The molecule has 1 saturated heterocycles. The van der Waals surface area contributed by atoms with Crippen molar-refractivity contribution in [3.05, 3.63) is 35.9 Å². The van der Waals surface area contributed by atoms with Crippen molar-refractivity contribution in [2.45, 2.75) is 51.3 Å². The van der Waals surface area contributed by atoms with Gasteiger partial charge in [-0.25, -0.2) is 9.78 Å². The summed E-state index contributed by atoms with van der Waals surface area (Å²) < 4.78 is 18.4. The molecule has 2 aliphatic heterocycles. The van der Waals surface area contributed by atoms with Crippen molar-refractivity contribution in [2.24, 2.45) is 0 Å². The Morgan fingerprint density at radius 2 is 2.14 bits per heavy atom. The van der Waals surface area contributed by atoms with Gasteiger partial charge in [0.25, 0.3) is 0 Å². The van der Waals surface area contributed by atoms with E-state index in [1.807, 2.05) is 20.8 Å². The summed E-state index contributed by atoms with van der Waals surface area (Å²) in [5.41, 5.74) is 1.42. The minimum absolute atomic E-state index is 0.0112. The molecule has 2 aliphatic rings. The van der Waals surface area contributed by atoms with E-state index < -0.39 is 11.5 Å². The van der Waals surface area contributed by atoms with Gasteiger partial charge in [0.2, 0.25) is 5.95 Å². The molecule has 2 atom stereocenters. The standard InChI is InChI=1S/C16H19FN2O2/c1-16(2,3)21-15(20)19-11-5-6-13(19)12(8-11)10-4-7-14(17)18-9-10/h4,7-9,11,13H,5-6H2,1-3H3/t11-,13+/m0/s1. The lowest BCUT2D eigenvalue weighted by molar-refractivity contribution is 0.0235. The van der Waals surface area contributed by atoms with Gasteiger partial charge in [0.05, 0.1) is 12.1 Å². The number of hydrogen-bond donors (Lipinski definition) is 0. The van der Waals surface area contributed by atoms with Crippen LogP contribution in [0.5, 0.6) is 0 Å². The Balaban J connectivity index is 1.81. The van der Waals surface area contributed by atoms with Crippen LogP contribution in [0.2, 0.25) is 0 Å². The smallest absolute Gasteiger partial charge is 0.411 e. The third-order valence-electron chi connectivity index (χ3n) is 3.82. The Morgan fingerprint density at radius 3 is 2.76 bits per heavy atom.